The second kappa shape index (κ2) is 9.07. The van der Waals surface area contributed by atoms with Crippen LogP contribution in [0.4, 0.5) is 0 Å². The maximum Gasteiger partial charge on any atom is 0.338 e. The number of carbonyl (C=O) groups is 1. The third-order valence-corrected chi connectivity index (χ3v) is 6.36. The Morgan fingerprint density at radius 3 is 2.48 bits per heavy atom. The summed E-state index contributed by atoms with van der Waals surface area (Å²) in [7, 11) is -2.45. The maximum atomic E-state index is 12.8. The molecule has 1 aliphatic carbocycles. The summed E-state index contributed by atoms with van der Waals surface area (Å²) >= 11 is 0. The number of ether oxygens (including phenoxy) is 2. The van der Waals surface area contributed by atoms with E-state index in [1.807, 2.05) is 6.07 Å². The quantitative estimate of drug-likeness (QED) is 0.698. The van der Waals surface area contributed by atoms with Crippen LogP contribution in [0.1, 0.15) is 47.2 Å². The van der Waals surface area contributed by atoms with Crippen molar-refractivity contribution in [1.29, 1.82) is 5.26 Å². The molecular formula is C21H22N2O5S. The molecule has 2 aromatic rings. The molecule has 1 saturated carbocycles. The van der Waals surface area contributed by atoms with Crippen LogP contribution in [0.25, 0.3) is 0 Å². The molecule has 0 saturated heterocycles. The van der Waals surface area contributed by atoms with Gasteiger partial charge in [0.15, 0.2) is 0 Å². The van der Waals surface area contributed by atoms with Gasteiger partial charge in [0.2, 0.25) is 10.0 Å². The van der Waals surface area contributed by atoms with Gasteiger partial charge in [0.05, 0.1) is 24.3 Å². The van der Waals surface area contributed by atoms with Crippen LogP contribution in [0.15, 0.2) is 47.4 Å². The topological polar surface area (TPSA) is 105 Å². The molecule has 3 rings (SSSR count). The highest BCUT2D eigenvalue weighted by Crippen LogP contribution is 2.27. The van der Waals surface area contributed by atoms with E-state index >= 15 is 0 Å². The Morgan fingerprint density at radius 2 is 1.86 bits per heavy atom. The lowest BCUT2D eigenvalue weighted by Crippen LogP contribution is -2.33. The average Bonchev–Trinajstić information content (AvgIpc) is 3.24. The molecule has 7 nitrogen and oxygen atoms in total. The van der Waals surface area contributed by atoms with Gasteiger partial charge in [0.25, 0.3) is 0 Å². The predicted octanol–water partition coefficient (Wildman–Crippen LogP) is 3.14. The van der Waals surface area contributed by atoms with E-state index in [0.717, 1.165) is 31.2 Å². The van der Waals surface area contributed by atoms with Gasteiger partial charge < -0.3 is 9.47 Å². The van der Waals surface area contributed by atoms with Crippen LogP contribution in [0, 0.1) is 11.3 Å². The van der Waals surface area contributed by atoms with Crippen LogP contribution >= 0.6 is 0 Å². The number of hydrogen-bond donors (Lipinski definition) is 1. The summed E-state index contributed by atoms with van der Waals surface area (Å²) in [6.07, 6.45) is 3.58. The zero-order chi connectivity index (χ0) is 20.9. The second-order valence-corrected chi connectivity index (χ2v) is 8.54. The molecule has 152 valence electrons. The van der Waals surface area contributed by atoms with Crippen molar-refractivity contribution < 1.29 is 22.7 Å². The summed E-state index contributed by atoms with van der Waals surface area (Å²) in [5.41, 5.74) is 1.35. The SMILES string of the molecule is COc1ccc(C(=O)OCc2ccc(C#N)cc2)cc1S(=O)(=O)NC1CCCC1. The standard InChI is InChI=1S/C21H22N2O5S/c1-27-19-11-10-17(12-20(19)29(25,26)23-18-4-2-3-5-18)21(24)28-14-16-8-6-15(13-22)7-9-16/h6-12,18,23H,2-5,14H2,1H3. The van der Waals surface area contributed by atoms with E-state index in [-0.39, 0.29) is 28.9 Å². The molecule has 0 radical (unpaired) electrons. The van der Waals surface area contributed by atoms with Gasteiger partial charge in [-0.05, 0) is 48.7 Å². The lowest BCUT2D eigenvalue weighted by molar-refractivity contribution is 0.0472. The molecule has 0 aromatic heterocycles. The van der Waals surface area contributed by atoms with E-state index in [0.29, 0.717) is 5.56 Å². The highest BCUT2D eigenvalue weighted by Gasteiger charge is 2.26. The minimum atomic E-state index is -3.83. The number of carbonyl (C=O) groups excluding carboxylic acids is 1. The number of hydrogen-bond acceptors (Lipinski definition) is 6. The Labute approximate surface area is 170 Å². The number of benzene rings is 2. The van der Waals surface area contributed by atoms with E-state index in [4.69, 9.17) is 14.7 Å². The predicted molar refractivity (Wildman–Crippen MR) is 106 cm³/mol. The first-order valence-electron chi connectivity index (χ1n) is 9.29. The van der Waals surface area contributed by atoms with E-state index < -0.39 is 16.0 Å². The molecule has 1 N–H and O–H groups in total. The van der Waals surface area contributed by atoms with Gasteiger partial charge in [-0.2, -0.15) is 5.26 Å². The molecule has 1 fully saturated rings. The first kappa shape index (κ1) is 20.8. The monoisotopic (exact) mass is 414 g/mol. The number of nitrogens with one attached hydrogen (secondary N) is 1. The Balaban J connectivity index is 1.76. The number of rotatable bonds is 7. The number of nitrogens with zero attached hydrogens (tertiary/aromatic N) is 1. The molecule has 2 aromatic carbocycles. The van der Waals surface area contributed by atoms with Crippen molar-refractivity contribution in [2.75, 3.05) is 7.11 Å². The Hall–Kier alpha value is -2.89. The Bertz CT molecular complexity index is 1020. The fourth-order valence-corrected chi connectivity index (χ4v) is 4.75. The van der Waals surface area contributed by atoms with E-state index in [1.165, 1.54) is 25.3 Å². The smallest absolute Gasteiger partial charge is 0.338 e. The van der Waals surface area contributed by atoms with Crippen LogP contribution in [-0.4, -0.2) is 27.5 Å². The van der Waals surface area contributed by atoms with E-state index in [9.17, 15) is 13.2 Å². The van der Waals surface area contributed by atoms with Crippen molar-refractivity contribution in [3.05, 3.63) is 59.2 Å². The number of esters is 1. The van der Waals surface area contributed by atoms with Crippen molar-refractivity contribution in [3.8, 4) is 11.8 Å². The van der Waals surface area contributed by atoms with Crippen molar-refractivity contribution in [1.82, 2.24) is 4.72 Å². The molecule has 0 unspecified atom stereocenters. The summed E-state index contributed by atoms with van der Waals surface area (Å²) < 4.78 is 38.8. The highest BCUT2D eigenvalue weighted by molar-refractivity contribution is 7.89. The van der Waals surface area contributed by atoms with Crippen molar-refractivity contribution in [2.45, 2.75) is 43.2 Å². The van der Waals surface area contributed by atoms with Gasteiger partial charge in [-0.15, -0.1) is 0 Å². The van der Waals surface area contributed by atoms with Crippen molar-refractivity contribution >= 4 is 16.0 Å². The van der Waals surface area contributed by atoms with Gasteiger partial charge in [0, 0.05) is 6.04 Å². The van der Waals surface area contributed by atoms with Crippen LogP contribution < -0.4 is 9.46 Å². The van der Waals surface area contributed by atoms with Crippen LogP contribution in [0.2, 0.25) is 0 Å². The molecule has 1 aliphatic rings. The van der Waals surface area contributed by atoms with Crippen molar-refractivity contribution in [3.63, 3.8) is 0 Å². The first-order valence-corrected chi connectivity index (χ1v) is 10.8. The summed E-state index contributed by atoms with van der Waals surface area (Å²) in [4.78, 5) is 12.4. The summed E-state index contributed by atoms with van der Waals surface area (Å²) in [6.45, 7) is 0.0129. The van der Waals surface area contributed by atoms with Gasteiger partial charge in [-0.1, -0.05) is 25.0 Å². The minimum absolute atomic E-state index is 0.0129. The van der Waals surface area contributed by atoms with Crippen LogP contribution in [0.5, 0.6) is 5.75 Å². The Morgan fingerprint density at radius 1 is 1.17 bits per heavy atom. The normalized spacial score (nSPS) is 14.3. The molecule has 0 spiro atoms. The molecule has 0 aliphatic heterocycles. The largest absolute Gasteiger partial charge is 0.495 e. The van der Waals surface area contributed by atoms with Gasteiger partial charge >= 0.3 is 5.97 Å². The third kappa shape index (κ3) is 5.13. The van der Waals surface area contributed by atoms with E-state index in [1.54, 1.807) is 24.3 Å². The summed E-state index contributed by atoms with van der Waals surface area (Å²) in [5.74, 6) is -0.478. The second-order valence-electron chi connectivity index (χ2n) is 6.85. The highest BCUT2D eigenvalue weighted by atomic mass is 32.2. The van der Waals surface area contributed by atoms with Crippen LogP contribution in [-0.2, 0) is 21.4 Å². The maximum absolute atomic E-state index is 12.8. The molecule has 0 amide bonds. The number of nitriles is 1. The lowest BCUT2D eigenvalue weighted by Gasteiger charge is -2.15. The molecule has 29 heavy (non-hydrogen) atoms. The molecule has 0 heterocycles. The third-order valence-electron chi connectivity index (χ3n) is 4.82. The Kier molecular flexibility index (Phi) is 6.52. The fourth-order valence-electron chi connectivity index (χ4n) is 3.25. The van der Waals surface area contributed by atoms with Gasteiger partial charge in [0.1, 0.15) is 17.3 Å². The van der Waals surface area contributed by atoms with E-state index in [2.05, 4.69) is 4.72 Å². The molecule has 8 heteroatoms. The number of sulfonamides is 1. The zero-order valence-electron chi connectivity index (χ0n) is 16.1. The lowest BCUT2D eigenvalue weighted by atomic mass is 10.1. The van der Waals surface area contributed by atoms with Gasteiger partial charge in [-0.25, -0.2) is 17.9 Å². The molecular weight excluding hydrogens is 392 g/mol. The summed E-state index contributed by atoms with van der Waals surface area (Å²) in [5, 5.41) is 8.82. The molecule has 0 bridgehead atoms. The minimum Gasteiger partial charge on any atom is -0.495 e. The summed E-state index contributed by atoms with van der Waals surface area (Å²) in [6, 6.07) is 12.8. The molecule has 0 atom stereocenters. The first-order chi connectivity index (χ1) is 13.9. The van der Waals surface area contributed by atoms with Crippen LogP contribution in [0.3, 0.4) is 0 Å². The number of methoxy groups -OCH3 is 1. The van der Waals surface area contributed by atoms with Crippen molar-refractivity contribution in [2.24, 2.45) is 0 Å². The average molecular weight is 414 g/mol. The fraction of sp³-hybridized carbons (Fsp3) is 0.333. The zero-order valence-corrected chi connectivity index (χ0v) is 16.9. The van der Waals surface area contributed by atoms with Gasteiger partial charge in [-0.3, -0.25) is 0 Å².